The summed E-state index contributed by atoms with van der Waals surface area (Å²) in [4.78, 5) is 15.8. The molecule has 2 heterocycles. The molecule has 0 unspecified atom stereocenters. The molecule has 0 bridgehead atoms. The number of hydrogen-bond acceptors (Lipinski definition) is 7. The van der Waals surface area contributed by atoms with Gasteiger partial charge in [0, 0.05) is 17.7 Å². The molecule has 0 saturated heterocycles. The van der Waals surface area contributed by atoms with Crippen LogP contribution in [-0.4, -0.2) is 25.2 Å². The molecule has 1 amide bonds. The van der Waals surface area contributed by atoms with Crippen molar-refractivity contribution in [2.24, 2.45) is 0 Å². The predicted molar refractivity (Wildman–Crippen MR) is 131 cm³/mol. The van der Waals surface area contributed by atoms with E-state index in [1.54, 1.807) is 13.8 Å². The van der Waals surface area contributed by atoms with Crippen LogP contribution in [0, 0.1) is 25.2 Å². The first-order valence-electron chi connectivity index (χ1n) is 11.2. The third kappa shape index (κ3) is 5.83. The van der Waals surface area contributed by atoms with Crippen LogP contribution in [0.15, 0.2) is 44.8 Å². The SMILES string of the molecule is Cc1noc([N-]S(=O)(=O)c2ccc(NC(=O)CSc3[nH+]c4c(cc3C#N)CCCCC4)cc2)c1C. The van der Waals surface area contributed by atoms with Crippen LogP contribution in [0.25, 0.3) is 4.72 Å². The second-order valence-corrected chi connectivity index (χ2v) is 10.9. The van der Waals surface area contributed by atoms with Crippen LogP contribution < -0.4 is 10.3 Å². The lowest BCUT2D eigenvalue weighted by Gasteiger charge is -2.19. The second-order valence-electron chi connectivity index (χ2n) is 8.31. The number of thioether (sulfide) groups is 1. The largest absolute Gasteiger partial charge is 0.539 e. The van der Waals surface area contributed by atoms with Crippen LogP contribution in [0.1, 0.15) is 47.3 Å². The molecule has 0 spiro atoms. The molecule has 1 aliphatic carbocycles. The van der Waals surface area contributed by atoms with Crippen LogP contribution in [0.2, 0.25) is 0 Å². The van der Waals surface area contributed by atoms with Crippen molar-refractivity contribution in [1.29, 1.82) is 5.26 Å². The summed E-state index contributed by atoms with van der Waals surface area (Å²) in [7, 11) is -3.99. The van der Waals surface area contributed by atoms with Gasteiger partial charge < -0.3 is 14.6 Å². The van der Waals surface area contributed by atoms with Crippen molar-refractivity contribution in [2.45, 2.75) is 55.9 Å². The summed E-state index contributed by atoms with van der Waals surface area (Å²) in [5, 5.41) is 16.7. The molecule has 0 radical (unpaired) electrons. The number of pyridine rings is 1. The number of sulfonamides is 1. The van der Waals surface area contributed by atoms with E-state index in [4.69, 9.17) is 4.52 Å². The Kier molecular flexibility index (Phi) is 7.42. The zero-order valence-electron chi connectivity index (χ0n) is 19.4. The Balaban J connectivity index is 1.38. The number of nitrogens with one attached hydrogen (secondary N) is 2. The van der Waals surface area contributed by atoms with Gasteiger partial charge in [0.15, 0.2) is 5.69 Å². The fourth-order valence-corrected chi connectivity index (χ4v) is 5.52. The summed E-state index contributed by atoms with van der Waals surface area (Å²) in [6.45, 7) is 3.38. The monoisotopic (exact) mass is 511 g/mol. The zero-order chi connectivity index (χ0) is 25.0. The van der Waals surface area contributed by atoms with Crippen LogP contribution in [0.5, 0.6) is 0 Å². The summed E-state index contributed by atoms with van der Waals surface area (Å²) in [6.07, 6.45) is 5.30. The van der Waals surface area contributed by atoms with Crippen LogP contribution in [0.4, 0.5) is 11.6 Å². The first kappa shape index (κ1) is 24.8. The maximum atomic E-state index is 12.6. The number of anilines is 1. The van der Waals surface area contributed by atoms with E-state index in [9.17, 15) is 18.5 Å². The number of nitrogens with zero attached hydrogens (tertiary/aromatic N) is 3. The summed E-state index contributed by atoms with van der Waals surface area (Å²) < 4.78 is 33.8. The molecule has 11 heteroatoms. The quantitative estimate of drug-likeness (QED) is 0.367. The third-order valence-corrected chi connectivity index (χ3v) is 8.12. The van der Waals surface area contributed by atoms with Crippen molar-refractivity contribution >= 4 is 39.3 Å². The molecular weight excluding hydrogens is 486 g/mol. The number of aromatic amines is 1. The van der Waals surface area contributed by atoms with Gasteiger partial charge in [-0.25, -0.2) is 13.4 Å². The number of aryl methyl sites for hydroxylation is 3. The minimum atomic E-state index is -3.99. The van der Waals surface area contributed by atoms with Crippen molar-refractivity contribution in [3.63, 3.8) is 0 Å². The van der Waals surface area contributed by atoms with E-state index < -0.39 is 10.0 Å². The zero-order valence-corrected chi connectivity index (χ0v) is 21.1. The normalized spacial score (nSPS) is 13.4. The number of nitriles is 1. The average Bonchev–Trinajstić information content (AvgIpc) is 3.02. The highest BCUT2D eigenvalue weighted by molar-refractivity contribution is 7.99. The van der Waals surface area contributed by atoms with E-state index in [2.05, 4.69) is 26.2 Å². The number of rotatable bonds is 7. The van der Waals surface area contributed by atoms with Gasteiger partial charge in [-0.05, 0) is 80.8 Å². The average molecular weight is 512 g/mol. The number of H-pyrrole nitrogens is 1. The number of fused-ring (bicyclic) bond motifs is 1. The minimum Gasteiger partial charge on any atom is -0.539 e. The molecule has 2 aromatic heterocycles. The number of benzene rings is 1. The van der Waals surface area contributed by atoms with Gasteiger partial charge in [0.05, 0.1) is 22.2 Å². The highest BCUT2D eigenvalue weighted by Gasteiger charge is 2.21. The van der Waals surface area contributed by atoms with Crippen molar-refractivity contribution in [1.82, 2.24) is 5.16 Å². The molecule has 0 fully saturated rings. The molecule has 4 rings (SSSR count). The van der Waals surface area contributed by atoms with E-state index in [-0.39, 0.29) is 22.4 Å². The molecule has 2 N–H and O–H groups in total. The van der Waals surface area contributed by atoms with Gasteiger partial charge in [0.25, 0.3) is 5.03 Å². The van der Waals surface area contributed by atoms with Crippen LogP contribution >= 0.6 is 11.8 Å². The van der Waals surface area contributed by atoms with Gasteiger partial charge in [-0.2, -0.15) is 5.26 Å². The third-order valence-electron chi connectivity index (χ3n) is 5.83. The standard InChI is InChI=1S/C24H25N5O4S2/c1-15-16(2)28-33-23(15)29-35(31,32)20-10-8-19(9-11-20)26-22(30)14-34-24-18(13-25)12-17-6-4-3-5-7-21(17)27-24/h8-12H,3-7,14H2,1-2H3,(H2,26,28,29,30). The Morgan fingerprint density at radius 3 is 2.66 bits per heavy atom. The lowest BCUT2D eigenvalue weighted by Crippen LogP contribution is -2.20. The van der Waals surface area contributed by atoms with E-state index in [0.29, 0.717) is 27.5 Å². The lowest BCUT2D eigenvalue weighted by molar-refractivity contribution is -0.438. The van der Waals surface area contributed by atoms with Crippen molar-refractivity contribution < 1.29 is 22.7 Å². The first-order chi connectivity index (χ1) is 16.8. The van der Waals surface area contributed by atoms with Crippen LogP contribution in [0.3, 0.4) is 0 Å². The van der Waals surface area contributed by atoms with Crippen LogP contribution in [-0.2, 0) is 27.7 Å². The Hall–Kier alpha value is -3.36. The first-order valence-corrected chi connectivity index (χ1v) is 13.6. The smallest absolute Gasteiger partial charge is 0.257 e. The fraction of sp³-hybridized carbons (Fsp3) is 0.333. The number of carbonyl (C=O) groups is 1. The number of amides is 1. The molecule has 9 nitrogen and oxygen atoms in total. The van der Waals surface area contributed by atoms with Crippen molar-refractivity contribution in [3.05, 3.63) is 63.1 Å². The van der Waals surface area contributed by atoms with Crippen molar-refractivity contribution in [2.75, 3.05) is 11.1 Å². The topological polar surface area (TPSA) is 141 Å². The minimum absolute atomic E-state index is 0.0310. The van der Waals surface area contributed by atoms with E-state index in [1.807, 2.05) is 6.07 Å². The Morgan fingerprint density at radius 1 is 1.23 bits per heavy atom. The van der Waals surface area contributed by atoms with Gasteiger partial charge in [-0.1, -0.05) is 11.6 Å². The molecule has 182 valence electrons. The molecule has 0 atom stereocenters. The fourth-order valence-electron chi connectivity index (χ4n) is 3.74. The second kappa shape index (κ2) is 10.5. The molecule has 3 aromatic rings. The number of carbonyl (C=O) groups excluding carboxylic acids is 1. The van der Waals surface area contributed by atoms with E-state index in [1.165, 1.54) is 48.0 Å². The highest BCUT2D eigenvalue weighted by Crippen LogP contribution is 2.32. The molecular formula is C24H25N5O4S2. The molecule has 1 aliphatic rings. The van der Waals surface area contributed by atoms with Crippen molar-refractivity contribution in [3.8, 4) is 6.07 Å². The lowest BCUT2D eigenvalue weighted by atomic mass is 10.1. The number of hydrogen-bond donors (Lipinski definition) is 1. The molecule has 0 aliphatic heterocycles. The maximum Gasteiger partial charge on any atom is 0.257 e. The Bertz CT molecular complexity index is 1390. The Labute approximate surface area is 208 Å². The molecule has 35 heavy (non-hydrogen) atoms. The Morgan fingerprint density at radius 2 is 1.97 bits per heavy atom. The van der Waals surface area contributed by atoms with Gasteiger partial charge in [0.1, 0.15) is 21.7 Å². The van der Waals surface area contributed by atoms with Gasteiger partial charge >= 0.3 is 0 Å². The van der Waals surface area contributed by atoms with Gasteiger partial charge in [-0.15, -0.1) is 0 Å². The van der Waals surface area contributed by atoms with E-state index >= 15 is 0 Å². The predicted octanol–water partition coefficient (Wildman–Crippen LogP) is 4.37. The van der Waals surface area contributed by atoms with Gasteiger partial charge in [0.2, 0.25) is 5.91 Å². The molecule has 1 aromatic carbocycles. The summed E-state index contributed by atoms with van der Waals surface area (Å²) in [5.74, 6) is -0.220. The van der Waals surface area contributed by atoms with E-state index in [0.717, 1.165) is 31.4 Å². The summed E-state index contributed by atoms with van der Waals surface area (Å²) in [6, 6.07) is 9.89. The summed E-state index contributed by atoms with van der Waals surface area (Å²) >= 11 is 1.27. The number of aromatic nitrogens is 2. The maximum absolute atomic E-state index is 12.6. The summed E-state index contributed by atoms with van der Waals surface area (Å²) in [5.41, 5.74) is 4.44. The molecule has 0 saturated carbocycles. The van der Waals surface area contributed by atoms with Gasteiger partial charge in [-0.3, -0.25) is 4.79 Å². The highest BCUT2D eigenvalue weighted by atomic mass is 32.2.